The largest absolute Gasteiger partial charge is 0.334 e. The van der Waals surface area contributed by atoms with Crippen molar-refractivity contribution in [3.8, 4) is 0 Å². The van der Waals surface area contributed by atoms with Crippen LogP contribution in [0, 0.1) is 0 Å². The van der Waals surface area contributed by atoms with E-state index < -0.39 is 0 Å². The van der Waals surface area contributed by atoms with Crippen molar-refractivity contribution in [1.29, 1.82) is 0 Å². The summed E-state index contributed by atoms with van der Waals surface area (Å²) in [5, 5.41) is 0. The molecule has 5 heteroatoms. The summed E-state index contributed by atoms with van der Waals surface area (Å²) in [4.78, 5) is 19.1. The van der Waals surface area contributed by atoms with Gasteiger partial charge in [0.05, 0.1) is 0 Å². The summed E-state index contributed by atoms with van der Waals surface area (Å²) < 4.78 is 0. The van der Waals surface area contributed by atoms with Gasteiger partial charge in [0.2, 0.25) is 0 Å². The normalized spacial score (nSPS) is 26.7. The van der Waals surface area contributed by atoms with Crippen molar-refractivity contribution >= 4 is 5.91 Å². The van der Waals surface area contributed by atoms with Gasteiger partial charge >= 0.3 is 0 Å². The number of rotatable bonds is 3. The zero-order valence-electron chi connectivity index (χ0n) is 13.6. The van der Waals surface area contributed by atoms with Crippen LogP contribution in [-0.2, 0) is 0 Å². The van der Waals surface area contributed by atoms with Gasteiger partial charge in [0, 0.05) is 49.0 Å². The van der Waals surface area contributed by atoms with Gasteiger partial charge in [-0.2, -0.15) is 0 Å². The molecule has 2 aromatic rings. The fourth-order valence-electron chi connectivity index (χ4n) is 3.98. The molecule has 3 heterocycles. The Kier molecular flexibility index (Phi) is 4.28. The number of hydrazine groups is 1. The van der Waals surface area contributed by atoms with Crippen LogP contribution in [0.1, 0.15) is 34.7 Å². The number of nitrogens with zero attached hydrogens (tertiary/aromatic N) is 2. The molecule has 0 radical (unpaired) electrons. The Labute approximate surface area is 142 Å². The van der Waals surface area contributed by atoms with Crippen molar-refractivity contribution in [2.75, 3.05) is 13.1 Å². The lowest BCUT2D eigenvalue weighted by atomic mass is 9.88. The Bertz CT molecular complexity index is 691. The van der Waals surface area contributed by atoms with Crippen LogP contribution in [0.3, 0.4) is 0 Å². The average molecular weight is 322 g/mol. The second-order valence-corrected chi connectivity index (χ2v) is 6.51. The van der Waals surface area contributed by atoms with Crippen LogP contribution < -0.4 is 10.9 Å². The quantitative estimate of drug-likeness (QED) is 0.907. The van der Waals surface area contributed by atoms with Crippen LogP contribution in [0.25, 0.3) is 0 Å². The van der Waals surface area contributed by atoms with Crippen LogP contribution in [0.2, 0.25) is 0 Å². The number of carbonyl (C=O) groups excluding carboxylic acids is 1. The number of benzene rings is 1. The van der Waals surface area contributed by atoms with Gasteiger partial charge in [-0.05, 0) is 42.7 Å². The van der Waals surface area contributed by atoms with Crippen LogP contribution in [0.15, 0.2) is 54.9 Å². The lowest BCUT2D eigenvalue weighted by Gasteiger charge is -2.32. The molecule has 2 saturated heterocycles. The lowest BCUT2D eigenvalue weighted by Crippen LogP contribution is -2.49. The first-order valence-electron chi connectivity index (χ1n) is 8.59. The maximum absolute atomic E-state index is 12.9. The third-order valence-corrected chi connectivity index (χ3v) is 5.15. The molecule has 1 amide bonds. The van der Waals surface area contributed by atoms with E-state index in [2.05, 4.69) is 28.0 Å². The van der Waals surface area contributed by atoms with Crippen molar-refractivity contribution < 1.29 is 4.79 Å². The molecule has 0 saturated carbocycles. The molecule has 0 bridgehead atoms. The third kappa shape index (κ3) is 2.81. The van der Waals surface area contributed by atoms with E-state index >= 15 is 0 Å². The van der Waals surface area contributed by atoms with Crippen LogP contribution >= 0.6 is 0 Å². The minimum atomic E-state index is 0.139. The molecule has 0 spiro atoms. The summed E-state index contributed by atoms with van der Waals surface area (Å²) in [6, 6.07) is 14.2. The van der Waals surface area contributed by atoms with E-state index in [1.165, 1.54) is 5.56 Å². The molecule has 0 aliphatic carbocycles. The molecular formula is C19H22N4O. The second kappa shape index (κ2) is 6.71. The number of hydrogen-bond acceptors (Lipinski definition) is 4. The molecule has 24 heavy (non-hydrogen) atoms. The number of aromatic nitrogens is 1. The molecule has 2 aliphatic rings. The van der Waals surface area contributed by atoms with E-state index in [0.717, 1.165) is 31.5 Å². The number of carbonyl (C=O) groups is 1. The van der Waals surface area contributed by atoms with Gasteiger partial charge in [-0.1, -0.05) is 18.2 Å². The topological polar surface area (TPSA) is 57.3 Å². The first-order chi connectivity index (χ1) is 11.8. The van der Waals surface area contributed by atoms with E-state index in [1.807, 2.05) is 47.6 Å². The van der Waals surface area contributed by atoms with Crippen LogP contribution in [0.5, 0.6) is 0 Å². The maximum Gasteiger partial charge on any atom is 0.254 e. The van der Waals surface area contributed by atoms with Crippen LogP contribution in [0.4, 0.5) is 0 Å². The second-order valence-electron chi connectivity index (χ2n) is 6.51. The SMILES string of the molecule is O=C(c1ccccc1)N1CCCC1C1NNCC1c1ccncc1. The van der Waals surface area contributed by atoms with Gasteiger partial charge in [-0.3, -0.25) is 20.6 Å². The fourth-order valence-corrected chi connectivity index (χ4v) is 3.98. The van der Waals surface area contributed by atoms with Gasteiger partial charge in [0.1, 0.15) is 0 Å². The summed E-state index contributed by atoms with van der Waals surface area (Å²) >= 11 is 0. The van der Waals surface area contributed by atoms with E-state index in [4.69, 9.17) is 0 Å². The Balaban J connectivity index is 1.57. The standard InChI is InChI=1S/C19H22N4O/c24-19(15-5-2-1-3-6-15)23-12-4-7-17(23)18-16(13-21-22-18)14-8-10-20-11-9-14/h1-3,5-6,8-11,16-18,21-22H,4,7,12-13H2. The van der Waals surface area contributed by atoms with Crippen molar-refractivity contribution in [3.63, 3.8) is 0 Å². The molecule has 5 nitrogen and oxygen atoms in total. The highest BCUT2D eigenvalue weighted by Crippen LogP contribution is 2.31. The Morgan fingerprint density at radius 3 is 2.71 bits per heavy atom. The highest BCUT2D eigenvalue weighted by Gasteiger charge is 2.41. The molecule has 4 rings (SSSR count). The minimum Gasteiger partial charge on any atom is -0.334 e. The zero-order valence-corrected chi connectivity index (χ0v) is 13.6. The molecule has 1 aromatic heterocycles. The maximum atomic E-state index is 12.9. The molecule has 124 valence electrons. The molecule has 2 aliphatic heterocycles. The highest BCUT2D eigenvalue weighted by molar-refractivity contribution is 5.94. The molecule has 2 fully saturated rings. The van der Waals surface area contributed by atoms with Gasteiger partial charge < -0.3 is 4.90 Å². The summed E-state index contributed by atoms with van der Waals surface area (Å²) in [7, 11) is 0. The number of hydrogen-bond donors (Lipinski definition) is 2. The highest BCUT2D eigenvalue weighted by atomic mass is 16.2. The lowest BCUT2D eigenvalue weighted by molar-refractivity contribution is 0.0705. The summed E-state index contributed by atoms with van der Waals surface area (Å²) in [6.45, 7) is 1.71. The van der Waals surface area contributed by atoms with E-state index in [1.54, 1.807) is 0 Å². The molecule has 2 N–H and O–H groups in total. The Morgan fingerprint density at radius 2 is 1.92 bits per heavy atom. The monoisotopic (exact) mass is 322 g/mol. The number of likely N-dealkylation sites (tertiary alicyclic amines) is 1. The molecule has 3 atom stereocenters. The Morgan fingerprint density at radius 1 is 1.12 bits per heavy atom. The molecular weight excluding hydrogens is 300 g/mol. The minimum absolute atomic E-state index is 0.139. The predicted molar refractivity (Wildman–Crippen MR) is 92.4 cm³/mol. The van der Waals surface area contributed by atoms with Gasteiger partial charge in [-0.15, -0.1) is 0 Å². The fraction of sp³-hybridized carbons (Fsp3) is 0.368. The number of pyridine rings is 1. The number of amides is 1. The van der Waals surface area contributed by atoms with Crippen LogP contribution in [-0.4, -0.2) is 41.0 Å². The van der Waals surface area contributed by atoms with Crippen molar-refractivity contribution in [3.05, 3.63) is 66.0 Å². The summed E-state index contributed by atoms with van der Waals surface area (Å²) in [5.74, 6) is 0.488. The predicted octanol–water partition coefficient (Wildman–Crippen LogP) is 1.95. The molecule has 3 unspecified atom stereocenters. The van der Waals surface area contributed by atoms with Crippen molar-refractivity contribution in [2.24, 2.45) is 0 Å². The smallest absolute Gasteiger partial charge is 0.254 e. The van der Waals surface area contributed by atoms with E-state index in [0.29, 0.717) is 5.92 Å². The third-order valence-electron chi connectivity index (χ3n) is 5.15. The first-order valence-corrected chi connectivity index (χ1v) is 8.59. The first kappa shape index (κ1) is 15.3. The van der Waals surface area contributed by atoms with E-state index in [-0.39, 0.29) is 18.0 Å². The Hall–Kier alpha value is -2.24. The molecule has 1 aromatic carbocycles. The summed E-state index contributed by atoms with van der Waals surface area (Å²) in [6.07, 6.45) is 5.78. The average Bonchev–Trinajstić information content (AvgIpc) is 3.31. The van der Waals surface area contributed by atoms with Crippen molar-refractivity contribution in [2.45, 2.75) is 30.8 Å². The number of nitrogens with one attached hydrogen (secondary N) is 2. The van der Waals surface area contributed by atoms with Gasteiger partial charge in [-0.25, -0.2) is 0 Å². The summed E-state index contributed by atoms with van der Waals surface area (Å²) in [5.41, 5.74) is 8.75. The van der Waals surface area contributed by atoms with Gasteiger partial charge in [0.25, 0.3) is 5.91 Å². The van der Waals surface area contributed by atoms with E-state index in [9.17, 15) is 4.79 Å². The van der Waals surface area contributed by atoms with Gasteiger partial charge in [0.15, 0.2) is 0 Å². The zero-order chi connectivity index (χ0) is 16.4. The van der Waals surface area contributed by atoms with Crippen molar-refractivity contribution in [1.82, 2.24) is 20.7 Å².